The normalized spacial score (nSPS) is 17.1. The van der Waals surface area contributed by atoms with E-state index in [1.54, 1.807) is 0 Å². The Kier molecular flexibility index (Phi) is 3.61. The summed E-state index contributed by atoms with van der Waals surface area (Å²) >= 11 is 0. The lowest BCUT2D eigenvalue weighted by atomic mass is 9.71. The standard InChI is InChI=1S/C14H14F3NO2/c1-13(16,17)9-6-10(12(20-2)11(15)7-9)14(18-8-19)4-3-5-14/h6-7H,3-5H2,1-2H3. The molecule has 0 amide bonds. The van der Waals surface area contributed by atoms with E-state index in [2.05, 4.69) is 4.99 Å². The Balaban J connectivity index is 2.66. The second-order valence-corrected chi connectivity index (χ2v) is 5.02. The van der Waals surface area contributed by atoms with Gasteiger partial charge in [0.05, 0.1) is 7.11 Å². The zero-order valence-electron chi connectivity index (χ0n) is 11.2. The van der Waals surface area contributed by atoms with Crippen LogP contribution in [0.2, 0.25) is 0 Å². The number of aliphatic imine (C=N–C) groups is 1. The molecular weight excluding hydrogens is 271 g/mol. The Morgan fingerprint density at radius 1 is 1.40 bits per heavy atom. The van der Waals surface area contributed by atoms with Crippen molar-refractivity contribution >= 4 is 6.08 Å². The highest BCUT2D eigenvalue weighted by Crippen LogP contribution is 2.49. The molecule has 0 radical (unpaired) electrons. The molecule has 0 spiro atoms. The number of halogens is 3. The smallest absolute Gasteiger partial charge is 0.270 e. The molecule has 0 saturated heterocycles. The van der Waals surface area contributed by atoms with Crippen molar-refractivity contribution in [3.05, 3.63) is 29.1 Å². The molecule has 0 heterocycles. The summed E-state index contributed by atoms with van der Waals surface area (Å²) in [6.07, 6.45) is 3.19. The predicted octanol–water partition coefficient (Wildman–Crippen LogP) is 3.66. The second kappa shape index (κ2) is 4.94. The van der Waals surface area contributed by atoms with Crippen LogP contribution >= 0.6 is 0 Å². The Hall–Kier alpha value is -1.81. The number of carbonyl (C=O) groups excluding carboxylic acids is 1. The van der Waals surface area contributed by atoms with E-state index in [-0.39, 0.29) is 11.3 Å². The van der Waals surface area contributed by atoms with Crippen LogP contribution in [-0.4, -0.2) is 13.2 Å². The SMILES string of the molecule is COc1c(F)cc(C(C)(F)F)cc1C1(N=C=O)CCC1. The summed E-state index contributed by atoms with van der Waals surface area (Å²) in [6, 6.07) is 1.92. The lowest BCUT2D eigenvalue weighted by molar-refractivity contribution is 0.0168. The maximum absolute atomic E-state index is 14.0. The molecule has 0 unspecified atom stereocenters. The Morgan fingerprint density at radius 3 is 2.45 bits per heavy atom. The lowest BCUT2D eigenvalue weighted by Crippen LogP contribution is -2.33. The van der Waals surface area contributed by atoms with Gasteiger partial charge in [-0.25, -0.2) is 18.0 Å². The third kappa shape index (κ3) is 2.31. The number of benzene rings is 1. The molecule has 0 bridgehead atoms. The second-order valence-electron chi connectivity index (χ2n) is 5.02. The van der Waals surface area contributed by atoms with E-state index in [1.807, 2.05) is 0 Å². The van der Waals surface area contributed by atoms with Crippen molar-refractivity contribution in [1.29, 1.82) is 0 Å². The number of isocyanates is 1. The number of ether oxygens (including phenoxy) is 1. The maximum atomic E-state index is 14.0. The molecule has 0 atom stereocenters. The van der Waals surface area contributed by atoms with Gasteiger partial charge in [0.1, 0.15) is 5.54 Å². The third-order valence-electron chi connectivity index (χ3n) is 3.70. The van der Waals surface area contributed by atoms with Crippen LogP contribution in [0, 0.1) is 5.82 Å². The summed E-state index contributed by atoms with van der Waals surface area (Å²) in [5, 5.41) is 0. The van der Waals surface area contributed by atoms with Gasteiger partial charge >= 0.3 is 0 Å². The van der Waals surface area contributed by atoms with Gasteiger partial charge in [0.2, 0.25) is 6.08 Å². The topological polar surface area (TPSA) is 38.7 Å². The molecule has 20 heavy (non-hydrogen) atoms. The third-order valence-corrected chi connectivity index (χ3v) is 3.70. The van der Waals surface area contributed by atoms with Crippen molar-refractivity contribution in [2.24, 2.45) is 4.99 Å². The molecule has 108 valence electrons. The number of nitrogens with zero attached hydrogens (tertiary/aromatic N) is 1. The van der Waals surface area contributed by atoms with E-state index >= 15 is 0 Å². The monoisotopic (exact) mass is 285 g/mol. The van der Waals surface area contributed by atoms with E-state index in [9.17, 15) is 18.0 Å². The number of hydrogen-bond donors (Lipinski definition) is 0. The first-order valence-corrected chi connectivity index (χ1v) is 6.19. The van der Waals surface area contributed by atoms with Crippen molar-refractivity contribution in [3.8, 4) is 5.75 Å². The quantitative estimate of drug-likeness (QED) is 0.625. The number of methoxy groups -OCH3 is 1. The highest BCUT2D eigenvalue weighted by molar-refractivity contribution is 5.48. The summed E-state index contributed by atoms with van der Waals surface area (Å²) in [6.45, 7) is 0.689. The fourth-order valence-corrected chi connectivity index (χ4v) is 2.44. The molecule has 1 fully saturated rings. The Bertz CT molecular complexity index is 571. The Labute approximate surface area is 114 Å². The van der Waals surface area contributed by atoms with Gasteiger partial charge in [-0.2, -0.15) is 4.99 Å². The number of rotatable bonds is 4. The molecule has 0 aliphatic heterocycles. The van der Waals surface area contributed by atoms with E-state index in [0.717, 1.165) is 12.5 Å². The fraction of sp³-hybridized carbons (Fsp3) is 0.500. The van der Waals surface area contributed by atoms with E-state index in [0.29, 0.717) is 19.8 Å². The highest BCUT2D eigenvalue weighted by Gasteiger charge is 2.43. The van der Waals surface area contributed by atoms with Crippen molar-refractivity contribution in [1.82, 2.24) is 0 Å². The largest absolute Gasteiger partial charge is 0.493 e. The average Bonchev–Trinajstić information content (AvgIpc) is 2.31. The molecule has 3 nitrogen and oxygen atoms in total. The van der Waals surface area contributed by atoms with Gasteiger partial charge < -0.3 is 4.74 Å². The first-order valence-electron chi connectivity index (χ1n) is 6.19. The van der Waals surface area contributed by atoms with Gasteiger partial charge in [-0.15, -0.1) is 0 Å². The molecule has 1 aliphatic carbocycles. The van der Waals surface area contributed by atoms with Crippen molar-refractivity contribution in [3.63, 3.8) is 0 Å². The zero-order chi connectivity index (χ0) is 15.0. The molecule has 2 rings (SSSR count). The van der Waals surface area contributed by atoms with Crippen LogP contribution in [0.15, 0.2) is 17.1 Å². The summed E-state index contributed by atoms with van der Waals surface area (Å²) in [7, 11) is 1.25. The summed E-state index contributed by atoms with van der Waals surface area (Å²) in [4.78, 5) is 14.3. The van der Waals surface area contributed by atoms with Gasteiger partial charge in [-0.1, -0.05) is 0 Å². The summed E-state index contributed by atoms with van der Waals surface area (Å²) in [5.41, 5.74) is -1.26. The van der Waals surface area contributed by atoms with Crippen LogP contribution in [0.25, 0.3) is 0 Å². The minimum Gasteiger partial charge on any atom is -0.493 e. The first-order chi connectivity index (χ1) is 9.34. The van der Waals surface area contributed by atoms with Crippen molar-refractivity contribution in [2.45, 2.75) is 37.6 Å². The van der Waals surface area contributed by atoms with Crippen molar-refractivity contribution < 1.29 is 22.7 Å². The maximum Gasteiger partial charge on any atom is 0.270 e. The van der Waals surface area contributed by atoms with E-state index in [1.165, 1.54) is 19.3 Å². The summed E-state index contributed by atoms with van der Waals surface area (Å²) in [5.74, 6) is -4.21. The van der Waals surface area contributed by atoms with Gasteiger partial charge in [0, 0.05) is 18.1 Å². The van der Waals surface area contributed by atoms with Crippen LogP contribution in [0.5, 0.6) is 5.75 Å². The number of hydrogen-bond acceptors (Lipinski definition) is 3. The van der Waals surface area contributed by atoms with Gasteiger partial charge in [-0.05, 0) is 31.4 Å². The van der Waals surface area contributed by atoms with Crippen LogP contribution < -0.4 is 4.74 Å². The predicted molar refractivity (Wildman–Crippen MR) is 66.2 cm³/mol. The molecule has 1 aromatic rings. The molecular formula is C14H14F3NO2. The van der Waals surface area contributed by atoms with E-state index < -0.39 is 22.8 Å². The first kappa shape index (κ1) is 14.6. The molecule has 1 aliphatic rings. The molecule has 1 saturated carbocycles. The van der Waals surface area contributed by atoms with E-state index in [4.69, 9.17) is 4.74 Å². The highest BCUT2D eigenvalue weighted by atomic mass is 19.3. The minimum atomic E-state index is -3.18. The van der Waals surface area contributed by atoms with Crippen molar-refractivity contribution in [2.75, 3.05) is 7.11 Å². The van der Waals surface area contributed by atoms with Crippen LogP contribution in [0.4, 0.5) is 13.2 Å². The molecule has 6 heteroatoms. The van der Waals surface area contributed by atoms with Crippen LogP contribution in [0.1, 0.15) is 37.3 Å². The van der Waals surface area contributed by atoms with Gasteiger partial charge in [0.15, 0.2) is 11.6 Å². The van der Waals surface area contributed by atoms with Gasteiger partial charge in [-0.3, -0.25) is 0 Å². The zero-order valence-corrected chi connectivity index (χ0v) is 11.2. The molecule has 0 aromatic heterocycles. The van der Waals surface area contributed by atoms with Gasteiger partial charge in [0.25, 0.3) is 5.92 Å². The number of alkyl halides is 2. The fourth-order valence-electron chi connectivity index (χ4n) is 2.44. The molecule has 0 N–H and O–H groups in total. The minimum absolute atomic E-state index is 0.142. The average molecular weight is 285 g/mol. The summed E-state index contributed by atoms with van der Waals surface area (Å²) < 4.78 is 45.8. The molecule has 1 aromatic carbocycles. The Morgan fingerprint density at radius 2 is 2.05 bits per heavy atom. The van der Waals surface area contributed by atoms with Crippen LogP contribution in [-0.2, 0) is 16.3 Å². The lowest BCUT2D eigenvalue weighted by Gasteiger charge is -2.38. The van der Waals surface area contributed by atoms with Crippen LogP contribution in [0.3, 0.4) is 0 Å².